The van der Waals surface area contributed by atoms with Crippen molar-refractivity contribution < 1.29 is 4.79 Å². The maximum atomic E-state index is 13.6. The zero-order valence-electron chi connectivity index (χ0n) is 17.9. The Balaban J connectivity index is 1.65. The molecule has 1 saturated carbocycles. The van der Waals surface area contributed by atoms with Gasteiger partial charge in [-0.2, -0.15) is 5.10 Å². The fourth-order valence-corrected chi connectivity index (χ4v) is 4.65. The molecule has 0 aromatic carbocycles. The summed E-state index contributed by atoms with van der Waals surface area (Å²) in [6.45, 7) is 12.4. The van der Waals surface area contributed by atoms with Crippen LogP contribution in [0.5, 0.6) is 0 Å². The van der Waals surface area contributed by atoms with Gasteiger partial charge >= 0.3 is 0 Å². The van der Waals surface area contributed by atoms with Crippen LogP contribution < -0.4 is 0 Å². The second-order valence-corrected chi connectivity index (χ2v) is 9.07. The molecule has 1 aliphatic heterocycles. The second kappa shape index (κ2) is 7.47. The fraction of sp³-hybridized carbons (Fsp3) is 0.682. The summed E-state index contributed by atoms with van der Waals surface area (Å²) in [7, 11) is 1.90. The van der Waals surface area contributed by atoms with Crippen LogP contribution in [0.1, 0.15) is 54.9 Å². The molecule has 1 amide bonds. The molecule has 2 aliphatic rings. The third-order valence-electron chi connectivity index (χ3n) is 6.32. The van der Waals surface area contributed by atoms with Crippen LogP contribution in [-0.4, -0.2) is 62.7 Å². The number of carbonyl (C=O) groups is 1. The van der Waals surface area contributed by atoms with Gasteiger partial charge in [0.25, 0.3) is 5.91 Å². The summed E-state index contributed by atoms with van der Waals surface area (Å²) in [4.78, 5) is 23.0. The zero-order chi connectivity index (χ0) is 20.0. The van der Waals surface area contributed by atoms with Crippen molar-refractivity contribution in [2.24, 2.45) is 18.9 Å². The van der Waals surface area contributed by atoms with Gasteiger partial charge in [-0.1, -0.05) is 13.8 Å². The fourth-order valence-electron chi connectivity index (χ4n) is 4.65. The molecule has 0 spiro atoms. The highest BCUT2D eigenvalue weighted by Crippen LogP contribution is 2.32. The summed E-state index contributed by atoms with van der Waals surface area (Å²) in [5.74, 6) is 1.54. The quantitative estimate of drug-likeness (QED) is 0.814. The van der Waals surface area contributed by atoms with E-state index in [4.69, 9.17) is 0 Å². The van der Waals surface area contributed by atoms with E-state index in [0.717, 1.165) is 60.0 Å². The third-order valence-corrected chi connectivity index (χ3v) is 6.32. The van der Waals surface area contributed by atoms with Gasteiger partial charge in [-0.15, -0.1) is 0 Å². The molecule has 3 heterocycles. The Morgan fingerprint density at radius 3 is 2.68 bits per heavy atom. The summed E-state index contributed by atoms with van der Waals surface area (Å²) in [5, 5.41) is 5.41. The smallest absolute Gasteiger partial charge is 0.254 e. The van der Waals surface area contributed by atoms with E-state index < -0.39 is 0 Å². The van der Waals surface area contributed by atoms with Crippen LogP contribution in [0.3, 0.4) is 0 Å². The molecule has 0 bridgehead atoms. The van der Waals surface area contributed by atoms with E-state index >= 15 is 0 Å². The number of fused-ring (bicyclic) bond motifs is 1. The molecule has 1 unspecified atom stereocenters. The van der Waals surface area contributed by atoms with Gasteiger partial charge in [-0.25, -0.2) is 4.98 Å². The van der Waals surface area contributed by atoms with Gasteiger partial charge in [0.15, 0.2) is 5.65 Å². The monoisotopic (exact) mass is 383 g/mol. The van der Waals surface area contributed by atoms with E-state index in [2.05, 4.69) is 33.7 Å². The molecule has 152 valence electrons. The Hall–Kier alpha value is -1.95. The zero-order valence-corrected chi connectivity index (χ0v) is 17.9. The molecule has 28 heavy (non-hydrogen) atoms. The highest BCUT2D eigenvalue weighted by atomic mass is 16.2. The van der Waals surface area contributed by atoms with E-state index in [1.807, 2.05) is 27.0 Å². The number of hydrogen-bond acceptors (Lipinski definition) is 4. The minimum absolute atomic E-state index is 0.130. The molecule has 2 aromatic heterocycles. The van der Waals surface area contributed by atoms with Gasteiger partial charge in [-0.05, 0) is 51.0 Å². The summed E-state index contributed by atoms with van der Waals surface area (Å²) in [5.41, 5.74) is 3.29. The summed E-state index contributed by atoms with van der Waals surface area (Å²) in [6, 6.07) is 2.37. The standard InChI is InChI=1S/C22H33N5O/c1-14(2)19-13-27(10-6-9-26(19)12-17-7-8-17)22(28)18-11-15(3)23-21-20(18)16(4)24-25(21)5/h11,14,17,19H,6-10,12-13H2,1-5H3. The van der Waals surface area contributed by atoms with Crippen molar-refractivity contribution in [1.29, 1.82) is 0 Å². The van der Waals surface area contributed by atoms with Crippen LogP contribution in [0.4, 0.5) is 0 Å². The van der Waals surface area contributed by atoms with Crippen molar-refractivity contribution in [3.05, 3.63) is 23.0 Å². The first kappa shape index (κ1) is 19.4. The highest BCUT2D eigenvalue weighted by molar-refractivity contribution is 6.06. The van der Waals surface area contributed by atoms with Crippen molar-refractivity contribution in [1.82, 2.24) is 24.6 Å². The average Bonchev–Trinajstić information content (AvgIpc) is 3.43. The van der Waals surface area contributed by atoms with Crippen LogP contribution in [0.25, 0.3) is 11.0 Å². The largest absolute Gasteiger partial charge is 0.337 e. The average molecular weight is 384 g/mol. The Labute approximate surface area is 167 Å². The van der Waals surface area contributed by atoms with E-state index in [0.29, 0.717) is 12.0 Å². The lowest BCUT2D eigenvalue weighted by molar-refractivity contribution is 0.0706. The molecule has 0 N–H and O–H groups in total. The lowest BCUT2D eigenvalue weighted by Gasteiger charge is -2.34. The molecule has 2 fully saturated rings. The number of rotatable bonds is 4. The van der Waals surface area contributed by atoms with Gasteiger partial charge in [-0.3, -0.25) is 14.4 Å². The van der Waals surface area contributed by atoms with Crippen molar-refractivity contribution in [2.75, 3.05) is 26.2 Å². The first-order valence-electron chi connectivity index (χ1n) is 10.7. The predicted octanol–water partition coefficient (Wildman–Crippen LogP) is 3.17. The first-order chi connectivity index (χ1) is 13.3. The maximum Gasteiger partial charge on any atom is 0.254 e. The van der Waals surface area contributed by atoms with E-state index in [1.54, 1.807) is 4.68 Å². The number of carbonyl (C=O) groups excluding carboxylic acids is 1. The molecule has 2 aromatic rings. The van der Waals surface area contributed by atoms with Crippen molar-refractivity contribution in [2.45, 2.75) is 53.0 Å². The van der Waals surface area contributed by atoms with Crippen molar-refractivity contribution in [3.63, 3.8) is 0 Å². The van der Waals surface area contributed by atoms with Crippen LogP contribution >= 0.6 is 0 Å². The lowest BCUT2D eigenvalue weighted by Crippen LogP contribution is -2.46. The number of pyridine rings is 1. The SMILES string of the molecule is Cc1cc(C(=O)N2CCCN(CC3CC3)C(C(C)C)C2)c2c(C)nn(C)c2n1. The molecular formula is C22H33N5O. The van der Waals surface area contributed by atoms with E-state index in [9.17, 15) is 4.79 Å². The van der Waals surface area contributed by atoms with Gasteiger partial charge in [0.2, 0.25) is 0 Å². The molecule has 0 radical (unpaired) electrons. The Morgan fingerprint density at radius 1 is 1.25 bits per heavy atom. The van der Waals surface area contributed by atoms with Crippen molar-refractivity contribution >= 4 is 16.9 Å². The third kappa shape index (κ3) is 3.66. The molecule has 1 atom stereocenters. The molecular weight excluding hydrogens is 350 g/mol. The van der Waals surface area contributed by atoms with Gasteiger partial charge in [0.05, 0.1) is 16.6 Å². The minimum atomic E-state index is 0.130. The van der Waals surface area contributed by atoms with Gasteiger partial charge < -0.3 is 4.90 Å². The first-order valence-corrected chi connectivity index (χ1v) is 10.7. The number of aromatic nitrogens is 3. The Kier molecular flexibility index (Phi) is 5.17. The lowest BCUT2D eigenvalue weighted by atomic mass is 10.0. The normalized spacial score (nSPS) is 21.5. The molecule has 1 saturated heterocycles. The van der Waals surface area contributed by atoms with Gasteiger partial charge in [0.1, 0.15) is 0 Å². The van der Waals surface area contributed by atoms with E-state index in [-0.39, 0.29) is 5.91 Å². The molecule has 6 nitrogen and oxygen atoms in total. The Bertz CT molecular complexity index is 883. The van der Waals surface area contributed by atoms with Crippen molar-refractivity contribution in [3.8, 4) is 0 Å². The van der Waals surface area contributed by atoms with Crippen LogP contribution in [-0.2, 0) is 7.05 Å². The summed E-state index contributed by atoms with van der Waals surface area (Å²) < 4.78 is 1.78. The minimum Gasteiger partial charge on any atom is -0.337 e. The molecule has 1 aliphatic carbocycles. The number of hydrogen-bond donors (Lipinski definition) is 0. The van der Waals surface area contributed by atoms with Crippen LogP contribution in [0.15, 0.2) is 6.07 Å². The summed E-state index contributed by atoms with van der Waals surface area (Å²) >= 11 is 0. The number of aryl methyl sites for hydroxylation is 3. The molecule has 4 rings (SSSR count). The highest BCUT2D eigenvalue weighted by Gasteiger charge is 2.34. The number of amides is 1. The maximum absolute atomic E-state index is 13.6. The summed E-state index contributed by atoms with van der Waals surface area (Å²) in [6.07, 6.45) is 3.79. The Morgan fingerprint density at radius 2 is 2.00 bits per heavy atom. The second-order valence-electron chi connectivity index (χ2n) is 9.07. The topological polar surface area (TPSA) is 54.3 Å². The predicted molar refractivity (Wildman–Crippen MR) is 111 cm³/mol. The number of nitrogens with zero attached hydrogens (tertiary/aromatic N) is 5. The van der Waals surface area contributed by atoms with Crippen LogP contribution in [0, 0.1) is 25.7 Å². The molecule has 6 heteroatoms. The van der Waals surface area contributed by atoms with E-state index in [1.165, 1.54) is 19.4 Å². The van der Waals surface area contributed by atoms with Gasteiger partial charge in [0, 0.05) is 45.0 Å². The van der Waals surface area contributed by atoms with Crippen LogP contribution in [0.2, 0.25) is 0 Å².